The highest BCUT2D eigenvalue weighted by Gasteiger charge is 2.30. The van der Waals surface area contributed by atoms with Crippen molar-refractivity contribution in [3.63, 3.8) is 0 Å². The van der Waals surface area contributed by atoms with E-state index in [0.29, 0.717) is 0 Å². The van der Waals surface area contributed by atoms with Crippen molar-refractivity contribution in [2.45, 2.75) is 50.4 Å². The average molecular weight is 615 g/mol. The van der Waals surface area contributed by atoms with Gasteiger partial charge >= 0.3 is 17.9 Å². The van der Waals surface area contributed by atoms with E-state index in [1.807, 2.05) is 54.6 Å². The van der Waals surface area contributed by atoms with E-state index < -0.39 is 23.8 Å². The lowest BCUT2D eigenvalue weighted by atomic mass is 9.85. The van der Waals surface area contributed by atoms with Gasteiger partial charge in [0.25, 0.3) is 0 Å². The second kappa shape index (κ2) is 14.8. The highest BCUT2D eigenvalue weighted by molar-refractivity contribution is 5.84. The molecular formula is C36H38O9. The van der Waals surface area contributed by atoms with Crippen LogP contribution >= 0.6 is 0 Å². The Morgan fingerprint density at radius 3 is 1.24 bits per heavy atom. The highest BCUT2D eigenvalue weighted by atomic mass is 16.6. The minimum atomic E-state index is -1.05. The fraction of sp³-hybridized carbons (Fsp3) is 0.417. The summed E-state index contributed by atoms with van der Waals surface area (Å²) in [5.41, 5.74) is 7.22. The topological polar surface area (TPSA) is 107 Å². The molecule has 0 radical (unpaired) electrons. The van der Waals surface area contributed by atoms with E-state index in [0.717, 1.165) is 36.0 Å². The largest absolute Gasteiger partial charge is 0.463 e. The van der Waals surface area contributed by atoms with Crippen LogP contribution in [0, 0.1) is 5.92 Å². The number of esters is 3. The van der Waals surface area contributed by atoms with Crippen molar-refractivity contribution in [1.82, 2.24) is 0 Å². The maximum Gasteiger partial charge on any atom is 0.310 e. The molecule has 0 saturated heterocycles. The molecule has 3 aromatic rings. The first kappa shape index (κ1) is 31.0. The molecule has 3 atom stereocenters. The van der Waals surface area contributed by atoms with E-state index in [1.54, 1.807) is 0 Å². The van der Waals surface area contributed by atoms with Crippen molar-refractivity contribution >= 4 is 17.9 Å². The van der Waals surface area contributed by atoms with Crippen LogP contribution in [0.3, 0.4) is 0 Å². The molecule has 45 heavy (non-hydrogen) atoms. The van der Waals surface area contributed by atoms with Gasteiger partial charge in [-0.3, -0.25) is 14.4 Å². The molecule has 0 N–H and O–H groups in total. The van der Waals surface area contributed by atoms with Crippen LogP contribution in [0.5, 0.6) is 0 Å². The van der Waals surface area contributed by atoms with Gasteiger partial charge < -0.3 is 28.4 Å². The quantitative estimate of drug-likeness (QED) is 0.119. The number of fused-ring (bicyclic) bond motifs is 3. The molecule has 9 heteroatoms. The fourth-order valence-corrected chi connectivity index (χ4v) is 5.99. The molecule has 0 bridgehead atoms. The lowest BCUT2D eigenvalue weighted by Crippen LogP contribution is -2.28. The summed E-state index contributed by atoms with van der Waals surface area (Å²) in [5.74, 6) is -2.95. The smallest absolute Gasteiger partial charge is 0.310 e. The van der Waals surface area contributed by atoms with Gasteiger partial charge in [0.05, 0.1) is 56.9 Å². The van der Waals surface area contributed by atoms with Gasteiger partial charge in [-0.2, -0.15) is 0 Å². The molecule has 3 aromatic carbocycles. The minimum absolute atomic E-state index is 0.00366. The van der Waals surface area contributed by atoms with E-state index >= 15 is 0 Å². The third-order valence-electron chi connectivity index (χ3n) is 8.56. The van der Waals surface area contributed by atoms with Crippen molar-refractivity contribution < 1.29 is 42.8 Å². The first-order chi connectivity index (χ1) is 22.0. The number of carbonyl (C=O) groups excluding carboxylic acids is 3. The Kier molecular flexibility index (Phi) is 10.2. The summed E-state index contributed by atoms with van der Waals surface area (Å²) in [4.78, 5) is 38.2. The van der Waals surface area contributed by atoms with E-state index in [-0.39, 0.29) is 70.8 Å². The molecule has 0 aromatic heterocycles. The molecule has 9 nitrogen and oxygen atoms in total. The van der Waals surface area contributed by atoms with Crippen LogP contribution in [-0.4, -0.2) is 57.5 Å². The summed E-state index contributed by atoms with van der Waals surface area (Å²) in [5, 5.41) is 0. The van der Waals surface area contributed by atoms with E-state index in [4.69, 9.17) is 28.4 Å². The number of ether oxygens (including phenoxy) is 6. The monoisotopic (exact) mass is 614 g/mol. The van der Waals surface area contributed by atoms with Gasteiger partial charge in [0.1, 0.15) is 19.8 Å². The third kappa shape index (κ3) is 7.79. The Morgan fingerprint density at radius 2 is 0.867 bits per heavy atom. The molecule has 3 unspecified atom stereocenters. The van der Waals surface area contributed by atoms with Gasteiger partial charge in [0.2, 0.25) is 0 Å². The Balaban J connectivity index is 0.923. The fourth-order valence-electron chi connectivity index (χ4n) is 5.99. The molecule has 0 amide bonds. The SMILES string of the molecule is O=C(CC(CC(=O)OCCOC1Cc2ccccc21)C(=O)OCCOC1Cc2ccccc21)OCCOC1Cc2ccccc21. The zero-order valence-corrected chi connectivity index (χ0v) is 25.2. The molecule has 0 fully saturated rings. The molecule has 236 valence electrons. The number of benzene rings is 3. The molecular weight excluding hydrogens is 576 g/mol. The third-order valence-corrected chi connectivity index (χ3v) is 8.56. The summed E-state index contributed by atoms with van der Waals surface area (Å²) < 4.78 is 33.6. The van der Waals surface area contributed by atoms with Gasteiger partial charge in [0.15, 0.2) is 0 Å². The molecule has 0 saturated carbocycles. The number of hydrogen-bond acceptors (Lipinski definition) is 9. The van der Waals surface area contributed by atoms with Crippen molar-refractivity contribution in [3.8, 4) is 0 Å². The highest BCUT2D eigenvalue weighted by Crippen LogP contribution is 2.37. The summed E-state index contributed by atoms with van der Waals surface area (Å²) in [6.07, 6.45) is 1.82. The Bertz CT molecular complexity index is 1430. The first-order valence-electron chi connectivity index (χ1n) is 15.6. The predicted molar refractivity (Wildman–Crippen MR) is 162 cm³/mol. The molecule has 0 heterocycles. The Labute approximate surface area is 262 Å². The lowest BCUT2D eigenvalue weighted by molar-refractivity contribution is -0.161. The molecule has 3 aliphatic rings. The molecule has 0 aliphatic heterocycles. The van der Waals surface area contributed by atoms with Gasteiger partial charge in [-0.25, -0.2) is 0 Å². The van der Waals surface area contributed by atoms with Crippen LogP contribution in [0.25, 0.3) is 0 Å². The second-order valence-electron chi connectivity index (χ2n) is 11.5. The average Bonchev–Trinajstić information content (AvgIpc) is 3.01. The van der Waals surface area contributed by atoms with Crippen LogP contribution < -0.4 is 0 Å². The van der Waals surface area contributed by atoms with Gasteiger partial charge in [-0.1, -0.05) is 72.8 Å². The normalized spacial score (nSPS) is 19.3. The van der Waals surface area contributed by atoms with Crippen molar-refractivity contribution in [2.75, 3.05) is 39.6 Å². The molecule has 6 rings (SSSR count). The Hall–Kier alpha value is -4.05. The zero-order valence-electron chi connectivity index (χ0n) is 25.2. The molecule has 3 aliphatic carbocycles. The van der Waals surface area contributed by atoms with E-state index in [1.165, 1.54) is 16.7 Å². The van der Waals surface area contributed by atoms with Crippen molar-refractivity contribution in [1.29, 1.82) is 0 Å². The minimum Gasteiger partial charge on any atom is -0.463 e. The van der Waals surface area contributed by atoms with Crippen molar-refractivity contribution in [3.05, 3.63) is 106 Å². The zero-order chi connectivity index (χ0) is 31.0. The van der Waals surface area contributed by atoms with Crippen LogP contribution in [0.15, 0.2) is 72.8 Å². The maximum absolute atomic E-state index is 13.0. The lowest BCUT2D eigenvalue weighted by Gasteiger charge is -2.30. The van der Waals surface area contributed by atoms with Crippen LogP contribution in [0.1, 0.15) is 64.5 Å². The van der Waals surface area contributed by atoms with E-state index in [9.17, 15) is 14.4 Å². The number of rotatable bonds is 17. The summed E-state index contributed by atoms with van der Waals surface area (Å²) in [7, 11) is 0. The van der Waals surface area contributed by atoms with Crippen LogP contribution in [0.4, 0.5) is 0 Å². The van der Waals surface area contributed by atoms with Gasteiger partial charge in [-0.05, 0) is 33.4 Å². The standard InChI is InChI=1S/C36H38O9/c37-34(43-16-13-40-31-19-24-7-1-4-10-28(24)31)22-27(36(39)45-18-15-42-33-21-26-9-3-6-12-30(26)33)23-35(38)44-17-14-41-32-20-25-8-2-5-11-29(25)32/h1-12,27,31-33H,13-23H2. The number of carbonyl (C=O) groups is 3. The van der Waals surface area contributed by atoms with Crippen LogP contribution in [-0.2, 0) is 62.1 Å². The summed E-state index contributed by atoms with van der Waals surface area (Å²) in [6, 6.07) is 24.2. The van der Waals surface area contributed by atoms with Gasteiger partial charge in [-0.15, -0.1) is 0 Å². The van der Waals surface area contributed by atoms with Gasteiger partial charge in [0, 0.05) is 19.3 Å². The van der Waals surface area contributed by atoms with E-state index in [2.05, 4.69) is 18.2 Å². The van der Waals surface area contributed by atoms with Crippen molar-refractivity contribution in [2.24, 2.45) is 5.92 Å². The first-order valence-corrected chi connectivity index (χ1v) is 15.6. The maximum atomic E-state index is 13.0. The predicted octanol–water partition coefficient (Wildman–Crippen LogP) is 4.95. The Morgan fingerprint density at radius 1 is 0.511 bits per heavy atom. The molecule has 0 spiro atoms. The second-order valence-corrected chi connectivity index (χ2v) is 11.5. The summed E-state index contributed by atoms with van der Waals surface area (Å²) in [6.45, 7) is 0.759. The number of hydrogen-bond donors (Lipinski definition) is 0. The van der Waals surface area contributed by atoms with Crippen LogP contribution in [0.2, 0.25) is 0 Å². The summed E-state index contributed by atoms with van der Waals surface area (Å²) >= 11 is 0.